The van der Waals surface area contributed by atoms with Gasteiger partial charge in [0.2, 0.25) is 11.8 Å². The summed E-state index contributed by atoms with van der Waals surface area (Å²) in [4.78, 5) is 165. The lowest BCUT2D eigenvalue weighted by Crippen LogP contribution is -2.61. The van der Waals surface area contributed by atoms with Crippen LogP contribution in [-0.2, 0) is 81.2 Å². The van der Waals surface area contributed by atoms with Gasteiger partial charge in [-0.3, -0.25) is 33.6 Å². The summed E-state index contributed by atoms with van der Waals surface area (Å²) in [5.41, 5.74) is -2.04. The van der Waals surface area contributed by atoms with E-state index in [1.165, 1.54) is 48.5 Å². The standard InChI is InChI=1S/C54H91N7O18/c1-22(2)33-45(65)55-30(17)42(62)61-41(54(20,21)74)53(73)79-40(29(15)16)48(68)60-35(24(5)6)50(70)76-32(19)44(64)58-37(26(9)10)52(72)78-39(28(13)14)47(67)59-34(23(3)4)49(69)75-31(18)43(63)57-36(25(7)8)51(71)77-38(27(11)12)46(66)56-33/h22-41,74H,1-21H3,(H,55,65)(H,56,66)(H,57,63)(H,58,64)(H,59,67)(H,60,68)(H,61,62)/t30-,31+,32+,33-,34-,35-,36+,37+,38-,39-,40-,41-/m1/s1. The Balaban J connectivity index is 3.91. The Morgan fingerprint density at radius 1 is 0.316 bits per heavy atom. The molecule has 0 saturated carbocycles. The number of hydrogen-bond donors (Lipinski definition) is 8. The van der Waals surface area contributed by atoms with Gasteiger partial charge in [-0.2, -0.15) is 0 Å². The Hall–Kier alpha value is -6.40. The summed E-state index contributed by atoms with van der Waals surface area (Å²) in [6.45, 7) is 31.1. The topological polar surface area (TPSA) is 355 Å². The van der Waals surface area contributed by atoms with Crippen LogP contribution in [0.1, 0.15) is 145 Å². The number of ether oxygens (including phenoxy) is 5. The predicted octanol–water partition coefficient (Wildman–Crippen LogP) is 1.03. The van der Waals surface area contributed by atoms with E-state index >= 15 is 0 Å². The van der Waals surface area contributed by atoms with Crippen LogP contribution in [0.5, 0.6) is 0 Å². The van der Waals surface area contributed by atoms with Gasteiger partial charge < -0.3 is 66.0 Å². The zero-order valence-corrected chi connectivity index (χ0v) is 49.9. The molecule has 0 aromatic heterocycles. The lowest BCUT2D eigenvalue weighted by molar-refractivity contribution is -0.168. The Bertz CT molecular complexity index is 2180. The molecule has 25 heteroatoms. The molecule has 0 radical (unpaired) electrons. The van der Waals surface area contributed by atoms with Crippen LogP contribution in [-0.4, -0.2) is 155 Å². The van der Waals surface area contributed by atoms with E-state index in [1.54, 1.807) is 96.9 Å². The minimum absolute atomic E-state index is 0.631. The second kappa shape index (κ2) is 30.8. The Labute approximate surface area is 464 Å². The number of aliphatic hydroxyl groups is 1. The molecule has 0 aromatic carbocycles. The molecule has 0 aromatic rings. The summed E-state index contributed by atoms with van der Waals surface area (Å²) in [5, 5.41) is 28.5. The highest BCUT2D eigenvalue weighted by Crippen LogP contribution is 2.20. The third-order valence-corrected chi connectivity index (χ3v) is 12.7. The summed E-state index contributed by atoms with van der Waals surface area (Å²) in [6.07, 6.45) is -7.85. The molecule has 8 N–H and O–H groups in total. The molecular formula is C54H91N7O18. The van der Waals surface area contributed by atoms with Gasteiger partial charge in [-0.25, -0.2) is 24.0 Å². The smallest absolute Gasteiger partial charge is 0.332 e. The first-order valence-corrected chi connectivity index (χ1v) is 27.0. The van der Waals surface area contributed by atoms with Gasteiger partial charge in [0.05, 0.1) is 5.60 Å². The van der Waals surface area contributed by atoms with Crippen LogP contribution < -0.4 is 37.2 Å². The van der Waals surface area contributed by atoms with E-state index in [1.807, 2.05) is 0 Å². The summed E-state index contributed by atoms with van der Waals surface area (Å²) >= 11 is 0. The number of nitrogens with one attached hydrogen (secondary N) is 7. The molecule has 1 saturated heterocycles. The molecule has 1 aliphatic heterocycles. The molecule has 0 bridgehead atoms. The van der Waals surface area contributed by atoms with Crippen LogP contribution in [0.15, 0.2) is 0 Å². The van der Waals surface area contributed by atoms with Crippen molar-refractivity contribution in [3.63, 3.8) is 0 Å². The van der Waals surface area contributed by atoms with Gasteiger partial charge in [-0.15, -0.1) is 0 Å². The Kier molecular flexibility index (Phi) is 27.6. The van der Waals surface area contributed by atoms with Gasteiger partial charge in [0, 0.05) is 0 Å². The molecule has 0 spiro atoms. The van der Waals surface area contributed by atoms with Crippen molar-refractivity contribution >= 4 is 71.2 Å². The van der Waals surface area contributed by atoms with E-state index < -0.39 is 197 Å². The van der Waals surface area contributed by atoms with Gasteiger partial charge in [0.1, 0.15) is 36.3 Å². The number of carbonyl (C=O) groups is 12. The van der Waals surface area contributed by atoms with E-state index in [0.29, 0.717) is 0 Å². The third kappa shape index (κ3) is 21.3. The van der Waals surface area contributed by atoms with Crippen molar-refractivity contribution < 1.29 is 86.3 Å². The molecular weight excluding hydrogens is 1030 g/mol. The number of hydrogen-bond acceptors (Lipinski definition) is 18. The van der Waals surface area contributed by atoms with Crippen molar-refractivity contribution in [3.05, 3.63) is 0 Å². The zero-order valence-electron chi connectivity index (χ0n) is 49.9. The average molecular weight is 1130 g/mol. The fraction of sp³-hybridized carbons (Fsp3) is 0.778. The molecule has 12 atom stereocenters. The van der Waals surface area contributed by atoms with Crippen LogP contribution in [0.3, 0.4) is 0 Å². The Morgan fingerprint density at radius 3 is 0.835 bits per heavy atom. The van der Waals surface area contributed by atoms with Gasteiger partial charge in [-0.1, -0.05) is 111 Å². The monoisotopic (exact) mass is 1130 g/mol. The van der Waals surface area contributed by atoms with Gasteiger partial charge in [0.25, 0.3) is 29.5 Å². The van der Waals surface area contributed by atoms with Gasteiger partial charge in [0.15, 0.2) is 36.6 Å². The lowest BCUT2D eigenvalue weighted by atomic mass is 9.97. The molecule has 1 aliphatic rings. The number of esters is 5. The molecule has 1 rings (SSSR count). The summed E-state index contributed by atoms with van der Waals surface area (Å²) in [5.74, 6) is -17.6. The molecule has 25 nitrogen and oxygen atoms in total. The van der Waals surface area contributed by atoms with Crippen LogP contribution in [0.4, 0.5) is 0 Å². The maximum Gasteiger partial charge on any atom is 0.332 e. The third-order valence-electron chi connectivity index (χ3n) is 12.7. The average Bonchev–Trinajstić information content (AvgIpc) is 3.31. The van der Waals surface area contributed by atoms with Crippen LogP contribution in [0.25, 0.3) is 0 Å². The first kappa shape index (κ1) is 70.6. The van der Waals surface area contributed by atoms with E-state index in [0.717, 1.165) is 0 Å². The summed E-state index contributed by atoms with van der Waals surface area (Å²) < 4.78 is 27.9. The van der Waals surface area contributed by atoms with Gasteiger partial charge >= 0.3 is 29.8 Å². The first-order valence-electron chi connectivity index (χ1n) is 27.0. The van der Waals surface area contributed by atoms with Crippen molar-refractivity contribution in [3.8, 4) is 0 Å². The maximum atomic E-state index is 13.9. The molecule has 450 valence electrons. The maximum absolute atomic E-state index is 13.9. The molecule has 0 unspecified atom stereocenters. The molecule has 1 heterocycles. The highest BCUT2D eigenvalue weighted by Gasteiger charge is 2.43. The van der Waals surface area contributed by atoms with Crippen molar-refractivity contribution in [1.82, 2.24) is 37.2 Å². The largest absolute Gasteiger partial charge is 0.451 e. The fourth-order valence-electron chi connectivity index (χ4n) is 7.60. The summed E-state index contributed by atoms with van der Waals surface area (Å²) in [7, 11) is 0. The first-order chi connectivity index (χ1) is 36.2. The number of carbonyl (C=O) groups excluding carboxylic acids is 12. The predicted molar refractivity (Wildman–Crippen MR) is 285 cm³/mol. The minimum Gasteiger partial charge on any atom is -0.451 e. The van der Waals surface area contributed by atoms with Crippen molar-refractivity contribution in [2.45, 2.75) is 224 Å². The van der Waals surface area contributed by atoms with Crippen molar-refractivity contribution in [1.29, 1.82) is 0 Å². The normalized spacial score (nSPS) is 28.8. The summed E-state index contributed by atoms with van der Waals surface area (Å²) in [6, 6.07) is -10.3. The lowest BCUT2D eigenvalue weighted by Gasteiger charge is -2.32. The number of cyclic esters (lactones) is 5. The number of amides is 7. The highest BCUT2D eigenvalue weighted by molar-refractivity contribution is 5.97. The fourth-order valence-corrected chi connectivity index (χ4v) is 7.60. The quantitative estimate of drug-likeness (QED) is 0.118. The molecule has 1 fully saturated rings. The van der Waals surface area contributed by atoms with E-state index in [2.05, 4.69) is 37.2 Å². The van der Waals surface area contributed by atoms with E-state index in [-0.39, 0.29) is 0 Å². The van der Waals surface area contributed by atoms with E-state index in [9.17, 15) is 62.6 Å². The van der Waals surface area contributed by atoms with Crippen molar-refractivity contribution in [2.75, 3.05) is 0 Å². The van der Waals surface area contributed by atoms with Crippen LogP contribution in [0, 0.1) is 47.3 Å². The SMILES string of the molecule is CC(C)[C@@H]1NC(=O)[C@H](C)OC(=O)[C@@H](C(C)C)NC(=O)[C@@H](C(C)C)OC(=O)[C@H](C(C)C)NC(=O)[C@H](C)OC(=O)[C@@H](C(C)C)NC(=O)[C@@H](C(C)C)OC(=O)[C@H](C(C)(C)O)NC(=O)[C@@H](C)NC(=O)[C@@H](C(C)C)NC(=O)[C@@H](C(C)C)OC1=O. The highest BCUT2D eigenvalue weighted by atomic mass is 16.6. The molecule has 79 heavy (non-hydrogen) atoms. The second-order valence-electron chi connectivity index (χ2n) is 23.4. The second-order valence-corrected chi connectivity index (χ2v) is 23.4. The van der Waals surface area contributed by atoms with Crippen LogP contribution in [0.2, 0.25) is 0 Å². The number of rotatable bonds is 9. The van der Waals surface area contributed by atoms with Crippen molar-refractivity contribution in [2.24, 2.45) is 47.3 Å². The van der Waals surface area contributed by atoms with E-state index in [4.69, 9.17) is 23.7 Å². The molecule has 0 aliphatic carbocycles. The minimum atomic E-state index is -2.04. The van der Waals surface area contributed by atoms with Gasteiger partial charge in [-0.05, 0) is 82.0 Å². The Morgan fingerprint density at radius 2 is 0.570 bits per heavy atom. The molecule has 7 amide bonds. The zero-order chi connectivity index (χ0) is 61.5. The van der Waals surface area contributed by atoms with Crippen LogP contribution >= 0.6 is 0 Å².